The third-order valence-corrected chi connectivity index (χ3v) is 3.86. The Bertz CT molecular complexity index is 615. The van der Waals surface area contributed by atoms with Crippen LogP contribution in [0.15, 0.2) is 30.5 Å². The second kappa shape index (κ2) is 6.52. The second-order valence-electron chi connectivity index (χ2n) is 5.10. The Hall–Kier alpha value is -1.49. The van der Waals surface area contributed by atoms with Crippen molar-refractivity contribution in [3.8, 4) is 11.4 Å². The zero-order valence-corrected chi connectivity index (χ0v) is 12.8. The summed E-state index contributed by atoms with van der Waals surface area (Å²) in [6, 6.07) is 7.62. The van der Waals surface area contributed by atoms with Crippen molar-refractivity contribution < 1.29 is 4.74 Å². The van der Waals surface area contributed by atoms with Crippen LogP contribution < -0.4 is 0 Å². The highest BCUT2D eigenvalue weighted by Gasteiger charge is 2.18. The Morgan fingerprint density at radius 3 is 2.86 bits per heavy atom. The number of aromatic nitrogens is 2. The lowest BCUT2D eigenvalue weighted by atomic mass is 10.1. The second-order valence-corrected chi connectivity index (χ2v) is 5.53. The van der Waals surface area contributed by atoms with Crippen LogP contribution in [0.5, 0.6) is 0 Å². The molecule has 2 aromatic rings. The van der Waals surface area contributed by atoms with E-state index in [9.17, 15) is 0 Å². The molecule has 0 unspecified atom stereocenters. The van der Waals surface area contributed by atoms with Gasteiger partial charge in [-0.25, -0.2) is 9.97 Å². The lowest BCUT2D eigenvalue weighted by molar-refractivity contribution is 0.0270. The molecular weight excluding hydrogens is 286 g/mol. The summed E-state index contributed by atoms with van der Waals surface area (Å²) in [4.78, 5) is 11.5. The minimum atomic E-state index is 0.663. The summed E-state index contributed by atoms with van der Waals surface area (Å²) in [6.45, 7) is 5.23. The zero-order valence-electron chi connectivity index (χ0n) is 12.1. The largest absolute Gasteiger partial charge is 0.366 e. The van der Waals surface area contributed by atoms with Gasteiger partial charge in [0, 0.05) is 36.5 Å². The maximum Gasteiger partial charge on any atom is 0.159 e. The summed E-state index contributed by atoms with van der Waals surface area (Å²) in [6.07, 6.45) is 2.92. The molecule has 1 aromatic carbocycles. The molecule has 0 atom stereocenters. The summed E-state index contributed by atoms with van der Waals surface area (Å²) < 4.78 is 5.48. The van der Waals surface area contributed by atoms with Gasteiger partial charge in [0.15, 0.2) is 5.82 Å². The molecule has 1 aliphatic heterocycles. The Morgan fingerprint density at radius 2 is 2.10 bits per heavy atom. The first-order chi connectivity index (χ1) is 10.3. The van der Waals surface area contributed by atoms with Gasteiger partial charge in [-0.3, -0.25) is 4.90 Å². The van der Waals surface area contributed by atoms with Crippen LogP contribution in [-0.4, -0.2) is 34.8 Å². The third-order valence-electron chi connectivity index (χ3n) is 3.61. The van der Waals surface area contributed by atoms with Crippen LogP contribution in [0, 0.1) is 0 Å². The summed E-state index contributed by atoms with van der Waals surface area (Å²) in [7, 11) is 0. The van der Waals surface area contributed by atoms with E-state index in [1.54, 1.807) is 0 Å². The molecule has 21 heavy (non-hydrogen) atoms. The van der Waals surface area contributed by atoms with Crippen molar-refractivity contribution in [2.24, 2.45) is 0 Å². The molecule has 4 nitrogen and oxygen atoms in total. The van der Waals surface area contributed by atoms with Gasteiger partial charge in [0.25, 0.3) is 0 Å². The lowest BCUT2D eigenvalue weighted by Crippen LogP contribution is -2.33. The van der Waals surface area contributed by atoms with Crippen molar-refractivity contribution in [2.45, 2.75) is 19.9 Å². The highest BCUT2D eigenvalue weighted by molar-refractivity contribution is 6.30. The number of ether oxygens (including phenoxy) is 1. The molecule has 3 rings (SSSR count). The van der Waals surface area contributed by atoms with E-state index < -0.39 is 0 Å². The molecule has 110 valence electrons. The summed E-state index contributed by atoms with van der Waals surface area (Å²) in [5.74, 6) is 0.753. The van der Waals surface area contributed by atoms with Crippen molar-refractivity contribution in [3.05, 3.63) is 46.7 Å². The van der Waals surface area contributed by atoms with Crippen LogP contribution in [0.3, 0.4) is 0 Å². The van der Waals surface area contributed by atoms with E-state index in [-0.39, 0.29) is 0 Å². The molecule has 0 saturated heterocycles. The Labute approximate surface area is 129 Å². The summed E-state index contributed by atoms with van der Waals surface area (Å²) >= 11 is 5.92. The number of hydrogen-bond acceptors (Lipinski definition) is 4. The highest BCUT2D eigenvalue weighted by Crippen LogP contribution is 2.22. The van der Waals surface area contributed by atoms with Gasteiger partial charge >= 0.3 is 0 Å². The van der Waals surface area contributed by atoms with Gasteiger partial charge in [-0.05, 0) is 43.2 Å². The molecule has 5 heteroatoms. The molecule has 0 fully saturated rings. The molecule has 0 radical (unpaired) electrons. The quantitative estimate of drug-likeness (QED) is 0.869. The molecule has 2 heterocycles. The molecular formula is C16H18ClN3O. The van der Waals surface area contributed by atoms with E-state index >= 15 is 0 Å². The monoisotopic (exact) mass is 303 g/mol. The van der Waals surface area contributed by atoms with Crippen molar-refractivity contribution in [2.75, 3.05) is 19.9 Å². The molecule has 1 aromatic heterocycles. The van der Waals surface area contributed by atoms with Gasteiger partial charge in [-0.2, -0.15) is 0 Å². The number of nitrogens with zero attached hydrogens (tertiary/aromatic N) is 3. The first-order valence-corrected chi connectivity index (χ1v) is 7.55. The Morgan fingerprint density at radius 1 is 1.29 bits per heavy atom. The van der Waals surface area contributed by atoms with Gasteiger partial charge in [0.2, 0.25) is 0 Å². The van der Waals surface area contributed by atoms with Crippen molar-refractivity contribution >= 4 is 11.6 Å². The standard InChI is InChI=1S/C16H18ClN3O/c1-2-21-11-20-8-7-13-9-18-16(19-15(13)10-20)12-3-5-14(17)6-4-12/h3-6,9H,2,7-8,10-11H2,1H3. The summed E-state index contributed by atoms with van der Waals surface area (Å²) in [5, 5.41) is 0.722. The molecule has 0 saturated carbocycles. The van der Waals surface area contributed by atoms with Crippen LogP contribution in [0.2, 0.25) is 5.02 Å². The highest BCUT2D eigenvalue weighted by atomic mass is 35.5. The zero-order chi connectivity index (χ0) is 14.7. The third kappa shape index (κ3) is 3.40. The molecule has 0 spiro atoms. The van der Waals surface area contributed by atoms with Crippen LogP contribution in [0.25, 0.3) is 11.4 Å². The molecule has 0 amide bonds. The van der Waals surface area contributed by atoms with Gasteiger partial charge in [-0.15, -0.1) is 0 Å². The molecule has 0 aliphatic carbocycles. The Kier molecular flexibility index (Phi) is 4.48. The maximum atomic E-state index is 5.92. The first-order valence-electron chi connectivity index (χ1n) is 7.17. The van der Waals surface area contributed by atoms with E-state index in [1.807, 2.05) is 37.4 Å². The van der Waals surface area contributed by atoms with Crippen molar-refractivity contribution in [1.82, 2.24) is 14.9 Å². The van der Waals surface area contributed by atoms with Gasteiger partial charge < -0.3 is 4.74 Å². The van der Waals surface area contributed by atoms with E-state index in [0.717, 1.165) is 48.2 Å². The van der Waals surface area contributed by atoms with Crippen LogP contribution in [-0.2, 0) is 17.7 Å². The SMILES string of the molecule is CCOCN1CCc2cnc(-c3ccc(Cl)cc3)nc2C1. The molecule has 0 bridgehead atoms. The van der Waals surface area contributed by atoms with E-state index in [1.165, 1.54) is 5.56 Å². The maximum absolute atomic E-state index is 5.92. The fourth-order valence-electron chi connectivity index (χ4n) is 2.43. The number of fused-ring (bicyclic) bond motifs is 1. The number of benzene rings is 1. The number of halogens is 1. The lowest BCUT2D eigenvalue weighted by Gasteiger charge is -2.27. The van der Waals surface area contributed by atoms with E-state index in [4.69, 9.17) is 21.3 Å². The van der Waals surface area contributed by atoms with Crippen LogP contribution >= 0.6 is 11.6 Å². The van der Waals surface area contributed by atoms with Gasteiger partial charge in [0.05, 0.1) is 12.4 Å². The topological polar surface area (TPSA) is 38.2 Å². The van der Waals surface area contributed by atoms with Crippen molar-refractivity contribution in [3.63, 3.8) is 0 Å². The average Bonchev–Trinajstić information content (AvgIpc) is 2.53. The minimum absolute atomic E-state index is 0.663. The Balaban J connectivity index is 1.82. The summed E-state index contributed by atoms with van der Waals surface area (Å²) in [5.41, 5.74) is 3.32. The predicted molar refractivity (Wildman–Crippen MR) is 83.1 cm³/mol. The molecule has 0 N–H and O–H groups in total. The fourth-order valence-corrected chi connectivity index (χ4v) is 2.55. The first kappa shape index (κ1) is 14.4. The number of hydrogen-bond donors (Lipinski definition) is 0. The average molecular weight is 304 g/mol. The predicted octanol–water partition coefficient (Wildman–Crippen LogP) is 3.15. The van der Waals surface area contributed by atoms with Crippen LogP contribution in [0.1, 0.15) is 18.2 Å². The van der Waals surface area contributed by atoms with E-state index in [0.29, 0.717) is 6.73 Å². The fraction of sp³-hybridized carbons (Fsp3) is 0.375. The van der Waals surface area contributed by atoms with Crippen LogP contribution in [0.4, 0.5) is 0 Å². The molecule has 1 aliphatic rings. The van der Waals surface area contributed by atoms with Crippen molar-refractivity contribution in [1.29, 1.82) is 0 Å². The smallest absolute Gasteiger partial charge is 0.159 e. The normalized spacial score (nSPS) is 15.0. The van der Waals surface area contributed by atoms with Gasteiger partial charge in [-0.1, -0.05) is 11.6 Å². The van der Waals surface area contributed by atoms with Gasteiger partial charge in [0.1, 0.15) is 0 Å². The minimum Gasteiger partial charge on any atom is -0.366 e. The van der Waals surface area contributed by atoms with E-state index in [2.05, 4.69) is 9.88 Å². The number of rotatable bonds is 4.